The average molecular weight is 313 g/mol. The van der Waals surface area contributed by atoms with E-state index in [1.807, 2.05) is 0 Å². The molecule has 0 amide bonds. The Labute approximate surface area is 122 Å². The molecule has 3 rings (SSSR count). The molecule has 0 bridgehead atoms. The summed E-state index contributed by atoms with van der Waals surface area (Å²) in [5.74, 6) is -0.251. The highest BCUT2D eigenvalue weighted by Crippen LogP contribution is 2.34. The molecule has 0 radical (unpaired) electrons. The van der Waals surface area contributed by atoms with Gasteiger partial charge in [-0.25, -0.2) is 8.42 Å². The van der Waals surface area contributed by atoms with E-state index < -0.39 is 22.0 Å². The van der Waals surface area contributed by atoms with Crippen LogP contribution in [0.2, 0.25) is 0 Å². The summed E-state index contributed by atoms with van der Waals surface area (Å²) in [5.41, 5.74) is 0. The van der Waals surface area contributed by atoms with Crippen molar-refractivity contribution in [3.05, 3.63) is 18.2 Å². The zero-order chi connectivity index (χ0) is 15.0. The van der Waals surface area contributed by atoms with E-state index >= 15 is 0 Å². The first-order chi connectivity index (χ1) is 10.00. The molecule has 1 N–H and O–H groups in total. The summed E-state index contributed by atoms with van der Waals surface area (Å²) >= 11 is 0. The van der Waals surface area contributed by atoms with Gasteiger partial charge in [0.2, 0.25) is 10.0 Å². The Hall–Kier alpha value is -1.80. The minimum atomic E-state index is -3.85. The standard InChI is InChI=1S/C13H15NO6S/c15-13(16)10-2-1-5-14(10)21(17,18)9-3-4-11-12(8-9)20-7-6-19-11/h3-4,8,10H,1-2,5-7H2,(H,15,16)/t10-/m0/s1. The van der Waals surface area contributed by atoms with Crippen molar-refractivity contribution in [1.29, 1.82) is 0 Å². The molecule has 0 spiro atoms. The van der Waals surface area contributed by atoms with Gasteiger partial charge in [-0.15, -0.1) is 0 Å². The Morgan fingerprint density at radius 3 is 2.67 bits per heavy atom. The van der Waals surface area contributed by atoms with E-state index in [1.165, 1.54) is 18.2 Å². The largest absolute Gasteiger partial charge is 0.486 e. The summed E-state index contributed by atoms with van der Waals surface area (Å²) in [4.78, 5) is 11.2. The topological polar surface area (TPSA) is 93.1 Å². The maximum atomic E-state index is 12.6. The van der Waals surface area contributed by atoms with Crippen molar-refractivity contribution in [2.24, 2.45) is 0 Å². The number of carboxylic acid groups (broad SMARTS) is 1. The molecule has 0 aromatic heterocycles. The van der Waals surface area contributed by atoms with E-state index in [4.69, 9.17) is 14.6 Å². The molecule has 0 aliphatic carbocycles. The number of sulfonamides is 1. The molecular weight excluding hydrogens is 298 g/mol. The number of benzene rings is 1. The van der Waals surface area contributed by atoms with E-state index in [0.717, 1.165) is 4.31 Å². The van der Waals surface area contributed by atoms with Crippen LogP contribution in [0.1, 0.15) is 12.8 Å². The van der Waals surface area contributed by atoms with Crippen molar-refractivity contribution < 1.29 is 27.8 Å². The second-order valence-corrected chi connectivity index (χ2v) is 6.81. The van der Waals surface area contributed by atoms with Gasteiger partial charge in [0, 0.05) is 12.6 Å². The van der Waals surface area contributed by atoms with Gasteiger partial charge in [0.15, 0.2) is 11.5 Å². The summed E-state index contributed by atoms with van der Waals surface area (Å²) in [6.07, 6.45) is 0.875. The molecule has 0 saturated carbocycles. The average Bonchev–Trinajstić information content (AvgIpc) is 2.97. The number of hydrogen-bond donors (Lipinski definition) is 1. The highest BCUT2D eigenvalue weighted by atomic mass is 32.2. The van der Waals surface area contributed by atoms with Crippen LogP contribution >= 0.6 is 0 Å². The molecule has 7 nitrogen and oxygen atoms in total. The molecule has 1 fully saturated rings. The molecule has 114 valence electrons. The fourth-order valence-electron chi connectivity index (χ4n) is 2.59. The Morgan fingerprint density at radius 2 is 1.95 bits per heavy atom. The number of fused-ring (bicyclic) bond motifs is 1. The lowest BCUT2D eigenvalue weighted by molar-refractivity contribution is -0.140. The van der Waals surface area contributed by atoms with Gasteiger partial charge in [0.1, 0.15) is 19.3 Å². The minimum Gasteiger partial charge on any atom is -0.486 e. The Morgan fingerprint density at radius 1 is 1.24 bits per heavy atom. The van der Waals surface area contributed by atoms with E-state index in [9.17, 15) is 13.2 Å². The summed E-state index contributed by atoms with van der Waals surface area (Å²) in [6, 6.07) is 3.34. The summed E-state index contributed by atoms with van der Waals surface area (Å²) in [6.45, 7) is 0.998. The van der Waals surface area contributed by atoms with Crippen LogP contribution in [0.15, 0.2) is 23.1 Å². The van der Waals surface area contributed by atoms with E-state index in [-0.39, 0.29) is 11.4 Å². The Balaban J connectivity index is 1.96. The molecule has 2 aliphatic rings. The lowest BCUT2D eigenvalue weighted by Gasteiger charge is -2.23. The molecule has 1 saturated heterocycles. The van der Waals surface area contributed by atoms with Crippen molar-refractivity contribution >= 4 is 16.0 Å². The van der Waals surface area contributed by atoms with Crippen molar-refractivity contribution in [3.8, 4) is 11.5 Å². The summed E-state index contributed by atoms with van der Waals surface area (Å²) in [7, 11) is -3.85. The highest BCUT2D eigenvalue weighted by Gasteiger charge is 2.39. The number of carbonyl (C=O) groups is 1. The molecule has 2 heterocycles. The van der Waals surface area contributed by atoms with Crippen LogP contribution in [0.3, 0.4) is 0 Å². The first-order valence-electron chi connectivity index (χ1n) is 6.64. The lowest BCUT2D eigenvalue weighted by Crippen LogP contribution is -2.40. The fraction of sp³-hybridized carbons (Fsp3) is 0.462. The number of ether oxygens (including phenoxy) is 2. The van der Waals surface area contributed by atoms with Gasteiger partial charge in [-0.2, -0.15) is 4.31 Å². The third-order valence-corrected chi connectivity index (χ3v) is 5.51. The van der Waals surface area contributed by atoms with Gasteiger partial charge in [0.05, 0.1) is 4.90 Å². The van der Waals surface area contributed by atoms with E-state index in [2.05, 4.69) is 0 Å². The highest BCUT2D eigenvalue weighted by molar-refractivity contribution is 7.89. The van der Waals surface area contributed by atoms with Crippen molar-refractivity contribution in [2.45, 2.75) is 23.8 Å². The quantitative estimate of drug-likeness (QED) is 0.883. The van der Waals surface area contributed by atoms with E-state index in [0.29, 0.717) is 37.6 Å². The van der Waals surface area contributed by atoms with Crippen LogP contribution < -0.4 is 9.47 Å². The predicted octanol–water partition coefficient (Wildman–Crippen LogP) is 0.696. The predicted molar refractivity (Wildman–Crippen MR) is 72.0 cm³/mol. The zero-order valence-electron chi connectivity index (χ0n) is 11.2. The first kappa shape index (κ1) is 14.2. The SMILES string of the molecule is O=C(O)[C@@H]1CCCN1S(=O)(=O)c1ccc2c(c1)OCCO2. The van der Waals surface area contributed by atoms with Crippen molar-refractivity contribution in [3.63, 3.8) is 0 Å². The number of nitrogens with zero attached hydrogens (tertiary/aromatic N) is 1. The third kappa shape index (κ3) is 2.44. The maximum Gasteiger partial charge on any atom is 0.322 e. The number of rotatable bonds is 3. The zero-order valence-corrected chi connectivity index (χ0v) is 12.0. The van der Waals surface area contributed by atoms with Crippen LogP contribution in [0.25, 0.3) is 0 Å². The Kier molecular flexibility index (Phi) is 3.50. The third-order valence-electron chi connectivity index (χ3n) is 3.61. The molecule has 0 unspecified atom stereocenters. The smallest absolute Gasteiger partial charge is 0.322 e. The summed E-state index contributed by atoms with van der Waals surface area (Å²) in [5, 5.41) is 9.14. The fourth-order valence-corrected chi connectivity index (χ4v) is 4.26. The number of aliphatic carboxylic acids is 1. The van der Waals surface area contributed by atoms with Crippen LogP contribution in [0.4, 0.5) is 0 Å². The van der Waals surface area contributed by atoms with Gasteiger partial charge in [-0.05, 0) is 25.0 Å². The second-order valence-electron chi connectivity index (χ2n) is 4.92. The molecule has 21 heavy (non-hydrogen) atoms. The van der Waals surface area contributed by atoms with E-state index in [1.54, 1.807) is 0 Å². The molecule has 2 aliphatic heterocycles. The van der Waals surface area contributed by atoms with Gasteiger partial charge in [-0.1, -0.05) is 0 Å². The first-order valence-corrected chi connectivity index (χ1v) is 8.08. The second kappa shape index (κ2) is 5.19. The van der Waals surface area contributed by atoms with Crippen molar-refractivity contribution in [1.82, 2.24) is 4.31 Å². The minimum absolute atomic E-state index is 0.0277. The van der Waals surface area contributed by atoms with Gasteiger partial charge in [-0.3, -0.25) is 4.79 Å². The summed E-state index contributed by atoms with van der Waals surface area (Å²) < 4.78 is 37.0. The maximum absolute atomic E-state index is 12.6. The Bertz CT molecular complexity index is 671. The lowest BCUT2D eigenvalue weighted by atomic mass is 10.2. The monoisotopic (exact) mass is 313 g/mol. The van der Waals surface area contributed by atoms with Crippen LogP contribution in [0, 0.1) is 0 Å². The molecule has 1 atom stereocenters. The van der Waals surface area contributed by atoms with Crippen LogP contribution in [-0.2, 0) is 14.8 Å². The van der Waals surface area contributed by atoms with Crippen LogP contribution in [-0.4, -0.2) is 49.6 Å². The molecule has 1 aromatic rings. The number of hydrogen-bond acceptors (Lipinski definition) is 5. The molecule has 8 heteroatoms. The normalized spacial score (nSPS) is 22.2. The van der Waals surface area contributed by atoms with Gasteiger partial charge in [0.25, 0.3) is 0 Å². The van der Waals surface area contributed by atoms with Crippen molar-refractivity contribution in [2.75, 3.05) is 19.8 Å². The van der Waals surface area contributed by atoms with Crippen LogP contribution in [0.5, 0.6) is 11.5 Å². The number of carboxylic acids is 1. The molecule has 1 aromatic carbocycles. The van der Waals surface area contributed by atoms with Gasteiger partial charge < -0.3 is 14.6 Å². The molecular formula is C13H15NO6S. The van der Waals surface area contributed by atoms with Gasteiger partial charge >= 0.3 is 5.97 Å².